The Bertz CT molecular complexity index is 832. The first-order valence-electron chi connectivity index (χ1n) is 8.42. The van der Waals surface area contributed by atoms with Gasteiger partial charge in [0.05, 0.1) is 21.8 Å². The highest BCUT2D eigenvalue weighted by atomic mass is 79.9. The third-order valence-corrected chi connectivity index (χ3v) is 7.46. The molecule has 2 unspecified atom stereocenters. The zero-order valence-corrected chi connectivity index (χ0v) is 18.2. The van der Waals surface area contributed by atoms with Crippen LogP contribution < -0.4 is 4.72 Å². The van der Waals surface area contributed by atoms with E-state index in [9.17, 15) is 9.00 Å². The van der Waals surface area contributed by atoms with Crippen molar-refractivity contribution >= 4 is 44.2 Å². The highest BCUT2D eigenvalue weighted by Gasteiger charge is 2.29. The zero-order valence-electron chi connectivity index (χ0n) is 15.0. The molecule has 0 aliphatic carbocycles. The van der Waals surface area contributed by atoms with E-state index in [0.717, 1.165) is 20.7 Å². The molecule has 5 nitrogen and oxygen atoms in total. The lowest BCUT2D eigenvalue weighted by atomic mass is 10.1. The summed E-state index contributed by atoms with van der Waals surface area (Å²) in [6.07, 6.45) is 0.654. The van der Waals surface area contributed by atoms with Crippen LogP contribution in [0.15, 0.2) is 34.2 Å². The molecule has 8 heteroatoms. The number of fused-ring (bicyclic) bond motifs is 1. The van der Waals surface area contributed by atoms with Crippen LogP contribution in [0.4, 0.5) is 0 Å². The summed E-state index contributed by atoms with van der Waals surface area (Å²) in [5.74, 6) is 0.0663. The lowest BCUT2D eigenvalue weighted by molar-refractivity contribution is 0.0773. The van der Waals surface area contributed by atoms with Crippen LogP contribution in [0, 0.1) is 0 Å². The van der Waals surface area contributed by atoms with Gasteiger partial charge in [-0.1, -0.05) is 18.2 Å². The Morgan fingerprint density at radius 2 is 2.12 bits per heavy atom. The quantitative estimate of drug-likeness (QED) is 0.714. The molecule has 0 bridgehead atoms. The average Bonchev–Trinajstić information content (AvgIpc) is 3.15. The van der Waals surface area contributed by atoms with E-state index in [1.165, 1.54) is 11.3 Å². The number of rotatable bonds is 6. The van der Waals surface area contributed by atoms with Crippen LogP contribution in [0.25, 0.3) is 0 Å². The van der Waals surface area contributed by atoms with E-state index in [4.69, 9.17) is 0 Å². The van der Waals surface area contributed by atoms with Crippen LogP contribution in [0.1, 0.15) is 54.2 Å². The van der Waals surface area contributed by atoms with Gasteiger partial charge < -0.3 is 4.90 Å². The molecule has 1 aliphatic rings. The maximum atomic E-state index is 12.6. The first-order chi connectivity index (χ1) is 12.3. The lowest BCUT2D eigenvalue weighted by Gasteiger charge is -2.25. The maximum absolute atomic E-state index is 12.6. The number of halogens is 1. The van der Waals surface area contributed by atoms with Crippen LogP contribution in [-0.2, 0) is 17.5 Å². The summed E-state index contributed by atoms with van der Waals surface area (Å²) in [6.45, 7) is 7.03. The molecular weight excluding hydrogens is 434 g/mol. The number of hydrogen-bond donors (Lipinski definition) is 1. The number of nitrogens with zero attached hydrogens (tertiary/aromatic N) is 2. The second kappa shape index (κ2) is 7.88. The topological polar surface area (TPSA) is 62.3 Å². The monoisotopic (exact) mass is 455 g/mol. The number of aromatic nitrogens is 1. The van der Waals surface area contributed by atoms with E-state index in [1.807, 2.05) is 55.3 Å². The highest BCUT2D eigenvalue weighted by molar-refractivity contribution is 9.10. The van der Waals surface area contributed by atoms with Crippen molar-refractivity contribution in [3.05, 3.63) is 50.4 Å². The van der Waals surface area contributed by atoms with E-state index in [1.54, 1.807) is 0 Å². The molecule has 2 heterocycles. The minimum absolute atomic E-state index is 0.0663. The van der Waals surface area contributed by atoms with Crippen LogP contribution in [0.5, 0.6) is 0 Å². The van der Waals surface area contributed by atoms with Gasteiger partial charge in [0, 0.05) is 24.0 Å². The summed E-state index contributed by atoms with van der Waals surface area (Å²) in [7, 11) is -1.21. The van der Waals surface area contributed by atoms with Crippen LogP contribution in [0.3, 0.4) is 0 Å². The maximum Gasteiger partial charge on any atom is 0.254 e. The summed E-state index contributed by atoms with van der Waals surface area (Å²) in [4.78, 5) is 18.9. The van der Waals surface area contributed by atoms with Gasteiger partial charge in [0.15, 0.2) is 0 Å². The minimum atomic E-state index is -1.21. The molecule has 1 N–H and O–H groups in total. The number of carbonyl (C=O) groups is 1. The van der Waals surface area contributed by atoms with Gasteiger partial charge in [0.25, 0.3) is 5.91 Å². The van der Waals surface area contributed by atoms with Crippen LogP contribution in [-0.4, -0.2) is 31.3 Å². The van der Waals surface area contributed by atoms with Crippen molar-refractivity contribution in [2.45, 2.75) is 44.5 Å². The molecule has 0 saturated carbocycles. The molecule has 0 saturated heterocycles. The molecule has 1 aromatic carbocycles. The fourth-order valence-corrected chi connectivity index (χ4v) is 5.01. The summed E-state index contributed by atoms with van der Waals surface area (Å²) in [5.41, 5.74) is 1.85. The molecule has 0 spiro atoms. The standard InChI is InChI=1S/C18H22BrN3O2S2/c1-18(2,3)26(24)21-14(16-20-15(19)11-25-16)8-9-22-10-12-6-4-5-7-13(12)17(22)23/h4-7,11,14,21H,8-10H2,1-3H3. The van der Waals surface area contributed by atoms with E-state index in [0.29, 0.717) is 19.5 Å². The Kier molecular flexibility index (Phi) is 5.96. The molecule has 1 amide bonds. The van der Waals surface area contributed by atoms with E-state index in [2.05, 4.69) is 25.6 Å². The predicted octanol–water partition coefficient (Wildman–Crippen LogP) is 4.04. The molecule has 26 heavy (non-hydrogen) atoms. The fraction of sp³-hybridized carbons (Fsp3) is 0.444. The Morgan fingerprint density at radius 1 is 1.38 bits per heavy atom. The van der Waals surface area contributed by atoms with Gasteiger partial charge in [-0.25, -0.2) is 13.9 Å². The number of amides is 1. The van der Waals surface area contributed by atoms with Crippen molar-refractivity contribution in [3.63, 3.8) is 0 Å². The predicted molar refractivity (Wildman–Crippen MR) is 109 cm³/mol. The largest absolute Gasteiger partial charge is 0.334 e. The Labute approximate surface area is 168 Å². The highest BCUT2D eigenvalue weighted by Crippen LogP contribution is 2.28. The second-order valence-corrected chi connectivity index (χ2v) is 10.9. The molecule has 140 valence electrons. The van der Waals surface area contributed by atoms with Gasteiger partial charge in [0.2, 0.25) is 0 Å². The first kappa shape index (κ1) is 19.7. The molecular formula is C18H22BrN3O2S2. The first-order valence-corrected chi connectivity index (χ1v) is 11.2. The third kappa shape index (κ3) is 4.42. The zero-order chi connectivity index (χ0) is 18.9. The van der Waals surface area contributed by atoms with Gasteiger partial charge in [-0.2, -0.15) is 0 Å². The van der Waals surface area contributed by atoms with Crippen molar-refractivity contribution < 1.29 is 9.00 Å². The number of hydrogen-bond acceptors (Lipinski definition) is 4. The van der Waals surface area contributed by atoms with Crippen molar-refractivity contribution in [3.8, 4) is 0 Å². The molecule has 3 rings (SSSR count). The summed E-state index contributed by atoms with van der Waals surface area (Å²) >= 11 is 4.91. The van der Waals surface area contributed by atoms with Gasteiger partial charge >= 0.3 is 0 Å². The average molecular weight is 456 g/mol. The number of thiazole rings is 1. The minimum Gasteiger partial charge on any atom is -0.334 e. The van der Waals surface area contributed by atoms with E-state index < -0.39 is 11.0 Å². The molecule has 0 radical (unpaired) electrons. The number of carbonyl (C=O) groups excluding carboxylic acids is 1. The Morgan fingerprint density at radius 3 is 2.73 bits per heavy atom. The fourth-order valence-electron chi connectivity index (χ4n) is 2.75. The number of benzene rings is 1. The van der Waals surface area contributed by atoms with Crippen molar-refractivity contribution in [2.75, 3.05) is 6.54 Å². The summed E-state index contributed by atoms with van der Waals surface area (Å²) in [5, 5.41) is 2.79. The molecule has 1 aromatic heterocycles. The Balaban J connectivity index is 1.71. The SMILES string of the molecule is CC(C)(C)S(=O)NC(CCN1Cc2ccccc2C1=O)c1nc(Br)cs1. The normalized spacial score (nSPS) is 16.6. The Hall–Kier alpha value is -1.09. The van der Waals surface area contributed by atoms with Crippen molar-refractivity contribution in [2.24, 2.45) is 0 Å². The van der Waals surface area contributed by atoms with Gasteiger partial charge in [-0.05, 0) is 54.8 Å². The third-order valence-electron chi connectivity index (χ3n) is 4.18. The van der Waals surface area contributed by atoms with E-state index >= 15 is 0 Å². The molecule has 2 atom stereocenters. The van der Waals surface area contributed by atoms with Gasteiger partial charge in [-0.15, -0.1) is 11.3 Å². The van der Waals surface area contributed by atoms with Gasteiger partial charge in [0.1, 0.15) is 9.61 Å². The molecule has 0 fully saturated rings. The van der Waals surface area contributed by atoms with E-state index in [-0.39, 0.29) is 16.7 Å². The molecule has 1 aliphatic heterocycles. The van der Waals surface area contributed by atoms with Gasteiger partial charge in [-0.3, -0.25) is 4.79 Å². The number of nitrogens with one attached hydrogen (secondary N) is 1. The van der Waals surface area contributed by atoms with Crippen LogP contribution >= 0.6 is 27.3 Å². The molecule has 2 aromatic rings. The summed E-state index contributed by atoms with van der Waals surface area (Å²) in [6, 6.07) is 7.56. The lowest BCUT2D eigenvalue weighted by Crippen LogP contribution is -2.37. The smallest absolute Gasteiger partial charge is 0.254 e. The van der Waals surface area contributed by atoms with Crippen molar-refractivity contribution in [1.29, 1.82) is 0 Å². The van der Waals surface area contributed by atoms with Crippen molar-refractivity contribution in [1.82, 2.24) is 14.6 Å². The van der Waals surface area contributed by atoms with Crippen LogP contribution in [0.2, 0.25) is 0 Å². The second-order valence-electron chi connectivity index (χ2n) is 7.23. The summed E-state index contributed by atoms with van der Waals surface area (Å²) < 4.78 is 16.2.